The number of halogens is 5. The Morgan fingerprint density at radius 3 is 2.43 bits per heavy atom. The van der Waals surface area contributed by atoms with Crippen molar-refractivity contribution in [1.82, 2.24) is 4.98 Å². The molecule has 1 aromatic heterocycles. The number of pyridine rings is 1. The third-order valence-corrected chi connectivity index (χ3v) is 3.11. The minimum atomic E-state index is -4.67. The summed E-state index contributed by atoms with van der Waals surface area (Å²) in [4.78, 5) is 3.73. The Hall–Kier alpha value is -1.86. The van der Waals surface area contributed by atoms with Crippen LogP contribution in [0.5, 0.6) is 0 Å². The van der Waals surface area contributed by atoms with Crippen molar-refractivity contribution in [3.8, 4) is 0 Å². The van der Waals surface area contributed by atoms with Gasteiger partial charge in [0.15, 0.2) is 0 Å². The lowest BCUT2D eigenvalue weighted by atomic mass is 9.95. The van der Waals surface area contributed by atoms with Gasteiger partial charge in [-0.3, -0.25) is 0 Å². The van der Waals surface area contributed by atoms with Gasteiger partial charge in [-0.25, -0.2) is 9.37 Å². The summed E-state index contributed by atoms with van der Waals surface area (Å²) in [5.41, 5.74) is 10.0. The third kappa shape index (κ3) is 3.25. The van der Waals surface area contributed by atoms with Gasteiger partial charge in [-0.15, -0.1) is 0 Å². The fourth-order valence-electron chi connectivity index (χ4n) is 1.93. The quantitative estimate of drug-likeness (QED) is 0.832. The van der Waals surface area contributed by atoms with Crippen LogP contribution in [-0.2, 0) is 6.18 Å². The van der Waals surface area contributed by atoms with E-state index >= 15 is 0 Å². The molecule has 3 nitrogen and oxygen atoms in total. The number of nitrogen functional groups attached to an aromatic ring is 1. The predicted octanol–water partition coefficient (Wildman–Crippen LogP) is 3.52. The monoisotopic (exact) mass is 319 g/mol. The van der Waals surface area contributed by atoms with Gasteiger partial charge < -0.3 is 11.5 Å². The largest absolute Gasteiger partial charge is 0.416 e. The second kappa shape index (κ2) is 5.50. The van der Waals surface area contributed by atoms with Crippen LogP contribution in [0.4, 0.5) is 23.4 Å². The van der Waals surface area contributed by atoms with E-state index in [-0.39, 0.29) is 16.4 Å². The molecule has 0 aliphatic heterocycles. The van der Waals surface area contributed by atoms with Crippen molar-refractivity contribution < 1.29 is 17.6 Å². The van der Waals surface area contributed by atoms with Crippen molar-refractivity contribution in [3.63, 3.8) is 0 Å². The van der Waals surface area contributed by atoms with E-state index in [0.717, 1.165) is 12.1 Å². The first-order valence-corrected chi connectivity index (χ1v) is 6.11. The third-order valence-electron chi connectivity index (χ3n) is 2.91. The van der Waals surface area contributed by atoms with Gasteiger partial charge in [0, 0.05) is 11.8 Å². The lowest BCUT2D eigenvalue weighted by Crippen LogP contribution is -2.20. The van der Waals surface area contributed by atoms with Gasteiger partial charge in [0.25, 0.3) is 0 Å². The first kappa shape index (κ1) is 15.5. The second-order valence-electron chi connectivity index (χ2n) is 4.34. The maximum absolute atomic E-state index is 13.3. The SMILES string of the molecule is Nc1ncc(Cl)cc1C(N)c1cc(F)ccc1C(F)(F)F. The number of alkyl halides is 3. The zero-order valence-electron chi connectivity index (χ0n) is 10.5. The number of rotatable bonds is 2. The molecular formula is C13H10ClF4N3. The van der Waals surface area contributed by atoms with Crippen molar-refractivity contribution in [3.05, 3.63) is 58.0 Å². The van der Waals surface area contributed by atoms with E-state index in [2.05, 4.69) is 4.98 Å². The standard InChI is InChI=1S/C13H10ClF4N3/c14-6-3-9(12(20)21-5-6)11(19)8-4-7(15)1-2-10(8)13(16,17)18/h1-5,11H,19H2,(H2,20,21). The molecule has 1 atom stereocenters. The molecule has 0 aliphatic rings. The van der Waals surface area contributed by atoms with Crippen molar-refractivity contribution in [2.75, 3.05) is 5.73 Å². The Morgan fingerprint density at radius 1 is 1.14 bits per heavy atom. The van der Waals surface area contributed by atoms with Gasteiger partial charge in [0.05, 0.1) is 16.6 Å². The van der Waals surface area contributed by atoms with Crippen LogP contribution in [0.2, 0.25) is 5.02 Å². The summed E-state index contributed by atoms with van der Waals surface area (Å²) in [6.45, 7) is 0. The molecule has 0 radical (unpaired) electrons. The molecule has 1 heterocycles. The Bertz CT molecular complexity index is 673. The van der Waals surface area contributed by atoms with Crippen LogP contribution >= 0.6 is 11.6 Å². The van der Waals surface area contributed by atoms with Gasteiger partial charge in [0.1, 0.15) is 11.6 Å². The molecule has 2 rings (SSSR count). The van der Waals surface area contributed by atoms with E-state index in [1.807, 2.05) is 0 Å². The summed E-state index contributed by atoms with van der Waals surface area (Å²) in [6.07, 6.45) is -3.43. The maximum Gasteiger partial charge on any atom is 0.416 e. The Balaban J connectivity index is 2.60. The zero-order chi connectivity index (χ0) is 15.8. The average molecular weight is 320 g/mol. The van der Waals surface area contributed by atoms with E-state index in [1.165, 1.54) is 12.3 Å². The molecule has 1 aromatic carbocycles. The number of nitrogens with two attached hydrogens (primary N) is 2. The molecule has 1 unspecified atom stereocenters. The predicted molar refractivity (Wildman–Crippen MR) is 71.1 cm³/mol. The summed E-state index contributed by atoms with van der Waals surface area (Å²) in [5, 5.41) is 0.166. The number of hydrogen-bond donors (Lipinski definition) is 2. The second-order valence-corrected chi connectivity index (χ2v) is 4.77. The molecule has 0 fully saturated rings. The molecule has 8 heteroatoms. The van der Waals surface area contributed by atoms with Gasteiger partial charge in [-0.1, -0.05) is 11.6 Å². The number of nitrogens with zero attached hydrogens (tertiary/aromatic N) is 1. The van der Waals surface area contributed by atoms with Crippen LogP contribution in [0.25, 0.3) is 0 Å². The minimum absolute atomic E-state index is 0.0655. The van der Waals surface area contributed by atoms with E-state index < -0.39 is 29.2 Å². The van der Waals surface area contributed by atoms with Gasteiger partial charge in [0.2, 0.25) is 0 Å². The van der Waals surface area contributed by atoms with E-state index in [1.54, 1.807) is 0 Å². The number of aromatic nitrogens is 1. The molecule has 112 valence electrons. The first-order chi connectivity index (χ1) is 9.70. The van der Waals surface area contributed by atoms with Crippen LogP contribution in [0.1, 0.15) is 22.7 Å². The van der Waals surface area contributed by atoms with Crippen LogP contribution in [0.3, 0.4) is 0 Å². The molecule has 0 bridgehead atoms. The average Bonchev–Trinajstić information content (AvgIpc) is 2.39. The normalized spacial score (nSPS) is 13.2. The highest BCUT2D eigenvalue weighted by Gasteiger charge is 2.35. The number of benzene rings is 1. The lowest BCUT2D eigenvalue weighted by molar-refractivity contribution is -0.138. The molecule has 0 amide bonds. The van der Waals surface area contributed by atoms with Crippen molar-refractivity contribution in [2.24, 2.45) is 5.73 Å². The highest BCUT2D eigenvalue weighted by Crippen LogP contribution is 2.37. The van der Waals surface area contributed by atoms with Crippen molar-refractivity contribution in [2.45, 2.75) is 12.2 Å². The molecule has 2 aromatic rings. The summed E-state index contributed by atoms with van der Waals surface area (Å²) >= 11 is 5.74. The van der Waals surface area contributed by atoms with Crippen LogP contribution < -0.4 is 11.5 Å². The van der Waals surface area contributed by atoms with Gasteiger partial charge in [-0.2, -0.15) is 13.2 Å². The Labute approximate surface area is 122 Å². The van der Waals surface area contributed by atoms with Crippen LogP contribution in [-0.4, -0.2) is 4.98 Å². The minimum Gasteiger partial charge on any atom is -0.383 e. The highest BCUT2D eigenvalue weighted by molar-refractivity contribution is 6.30. The fraction of sp³-hybridized carbons (Fsp3) is 0.154. The van der Waals surface area contributed by atoms with Crippen molar-refractivity contribution >= 4 is 17.4 Å². The molecule has 0 aliphatic carbocycles. The Morgan fingerprint density at radius 2 is 1.81 bits per heavy atom. The fourth-order valence-corrected chi connectivity index (χ4v) is 2.10. The van der Waals surface area contributed by atoms with Gasteiger partial charge in [-0.05, 0) is 29.8 Å². The highest BCUT2D eigenvalue weighted by atomic mass is 35.5. The molecule has 21 heavy (non-hydrogen) atoms. The number of anilines is 1. The summed E-state index contributed by atoms with van der Waals surface area (Å²) in [7, 11) is 0. The van der Waals surface area contributed by atoms with Crippen LogP contribution in [0, 0.1) is 5.82 Å². The Kier molecular flexibility index (Phi) is 4.06. The first-order valence-electron chi connectivity index (χ1n) is 5.73. The molecule has 0 spiro atoms. The van der Waals surface area contributed by atoms with E-state index in [9.17, 15) is 17.6 Å². The topological polar surface area (TPSA) is 64.9 Å². The van der Waals surface area contributed by atoms with E-state index in [4.69, 9.17) is 23.1 Å². The summed E-state index contributed by atoms with van der Waals surface area (Å²) < 4.78 is 52.3. The van der Waals surface area contributed by atoms with Crippen LogP contribution in [0.15, 0.2) is 30.5 Å². The lowest BCUT2D eigenvalue weighted by Gasteiger charge is -2.19. The summed E-state index contributed by atoms with van der Waals surface area (Å²) in [5.74, 6) is -0.897. The molecule has 0 saturated heterocycles. The van der Waals surface area contributed by atoms with Crippen molar-refractivity contribution in [1.29, 1.82) is 0 Å². The molecular weight excluding hydrogens is 310 g/mol. The smallest absolute Gasteiger partial charge is 0.383 e. The molecule has 0 saturated carbocycles. The van der Waals surface area contributed by atoms with Gasteiger partial charge >= 0.3 is 6.18 Å². The summed E-state index contributed by atoms with van der Waals surface area (Å²) in [6, 6.07) is 2.09. The van der Waals surface area contributed by atoms with E-state index in [0.29, 0.717) is 6.07 Å². The molecule has 4 N–H and O–H groups in total. The number of hydrogen-bond acceptors (Lipinski definition) is 3. The zero-order valence-corrected chi connectivity index (χ0v) is 11.2. The maximum atomic E-state index is 13.3.